The fourth-order valence-electron chi connectivity index (χ4n) is 5.30. The van der Waals surface area contributed by atoms with Crippen LogP contribution < -0.4 is 5.32 Å². The van der Waals surface area contributed by atoms with Gasteiger partial charge in [-0.15, -0.1) is 0 Å². The predicted molar refractivity (Wildman–Crippen MR) is 110 cm³/mol. The average Bonchev–Trinajstić information content (AvgIpc) is 2.73. The third-order valence-electron chi connectivity index (χ3n) is 6.86. The van der Waals surface area contributed by atoms with Crippen molar-refractivity contribution in [3.05, 3.63) is 71.9 Å². The van der Waals surface area contributed by atoms with E-state index < -0.39 is 0 Å². The van der Waals surface area contributed by atoms with Crippen LogP contribution in [0, 0.1) is 11.2 Å². The highest BCUT2D eigenvalue weighted by Crippen LogP contribution is 2.55. The van der Waals surface area contributed by atoms with Crippen LogP contribution >= 0.6 is 0 Å². The number of aromatic nitrogens is 2. The van der Waals surface area contributed by atoms with Crippen LogP contribution in [0.25, 0.3) is 10.9 Å². The van der Waals surface area contributed by atoms with E-state index in [-0.39, 0.29) is 17.8 Å². The van der Waals surface area contributed by atoms with Crippen molar-refractivity contribution in [2.24, 2.45) is 5.41 Å². The van der Waals surface area contributed by atoms with Crippen molar-refractivity contribution in [3.63, 3.8) is 0 Å². The number of pyridine rings is 2. The molecule has 29 heavy (non-hydrogen) atoms. The Labute approximate surface area is 169 Å². The molecule has 0 bridgehead atoms. The minimum absolute atomic E-state index is 0.00813. The molecule has 0 aliphatic heterocycles. The topological polar surface area (TPSA) is 54.9 Å². The van der Waals surface area contributed by atoms with Crippen LogP contribution in [-0.2, 0) is 0 Å². The first kappa shape index (κ1) is 18.2. The molecule has 0 saturated heterocycles. The number of benzene rings is 1. The van der Waals surface area contributed by atoms with E-state index in [1.807, 2.05) is 6.20 Å². The molecular weight excluding hydrogens is 365 g/mol. The third kappa shape index (κ3) is 3.50. The summed E-state index contributed by atoms with van der Waals surface area (Å²) >= 11 is 0. The Kier molecular flexibility index (Phi) is 4.53. The van der Waals surface area contributed by atoms with Gasteiger partial charge in [-0.1, -0.05) is 0 Å². The molecule has 4 nitrogen and oxygen atoms in total. The molecule has 2 aliphatic carbocycles. The molecule has 3 aromatic rings. The number of hydrogen-bond acceptors (Lipinski definition) is 3. The lowest BCUT2D eigenvalue weighted by Gasteiger charge is -2.52. The zero-order valence-corrected chi connectivity index (χ0v) is 16.3. The molecule has 2 heterocycles. The number of nitrogens with one attached hydrogen (secondary N) is 1. The van der Waals surface area contributed by atoms with Crippen molar-refractivity contribution in [1.82, 2.24) is 15.3 Å². The Hall–Kier alpha value is -2.82. The van der Waals surface area contributed by atoms with Gasteiger partial charge in [0, 0.05) is 35.6 Å². The second kappa shape index (κ2) is 7.21. The molecule has 5 rings (SSSR count). The van der Waals surface area contributed by atoms with Crippen molar-refractivity contribution >= 4 is 16.8 Å². The van der Waals surface area contributed by atoms with Gasteiger partial charge in [-0.3, -0.25) is 14.8 Å². The lowest BCUT2D eigenvalue weighted by Crippen LogP contribution is -2.51. The Morgan fingerprint density at radius 2 is 1.79 bits per heavy atom. The standard InChI is InChI=1S/C24H24FN3O/c25-18-1-2-22-21(13-18)20(7-12-27-22)16-3-8-24(9-4-16)14-19(15-24)28-23(29)17-5-10-26-11-6-17/h1-2,5-7,10-13,16,19H,3-4,8-9,14-15H2,(H,28,29)/t16-,19-,24?. The van der Waals surface area contributed by atoms with Gasteiger partial charge in [-0.2, -0.15) is 0 Å². The maximum absolute atomic E-state index is 13.8. The van der Waals surface area contributed by atoms with Crippen LogP contribution in [0.15, 0.2) is 55.0 Å². The zero-order chi connectivity index (χ0) is 19.8. The van der Waals surface area contributed by atoms with Crippen molar-refractivity contribution in [1.29, 1.82) is 0 Å². The lowest BCUT2D eigenvalue weighted by molar-refractivity contribution is 0.0311. The molecule has 0 unspecified atom stereocenters. The summed E-state index contributed by atoms with van der Waals surface area (Å²) < 4.78 is 13.8. The summed E-state index contributed by atoms with van der Waals surface area (Å²) in [5.74, 6) is 0.246. The lowest BCUT2D eigenvalue weighted by atomic mass is 9.56. The van der Waals surface area contributed by atoms with Crippen LogP contribution in [0.1, 0.15) is 60.4 Å². The fraction of sp³-hybridized carbons (Fsp3) is 0.375. The fourth-order valence-corrected chi connectivity index (χ4v) is 5.30. The summed E-state index contributed by atoms with van der Waals surface area (Å²) in [5, 5.41) is 4.11. The molecule has 5 heteroatoms. The van der Waals surface area contributed by atoms with Gasteiger partial charge in [0.25, 0.3) is 5.91 Å². The maximum atomic E-state index is 13.8. The number of hydrogen-bond donors (Lipinski definition) is 1. The van der Waals surface area contributed by atoms with Crippen molar-refractivity contribution in [2.75, 3.05) is 0 Å². The first-order valence-electron chi connectivity index (χ1n) is 10.4. The summed E-state index contributed by atoms with van der Waals surface area (Å²) in [4.78, 5) is 20.7. The van der Waals surface area contributed by atoms with Gasteiger partial charge in [-0.25, -0.2) is 4.39 Å². The molecule has 1 amide bonds. The van der Waals surface area contributed by atoms with E-state index in [4.69, 9.17) is 0 Å². The molecule has 2 saturated carbocycles. The van der Waals surface area contributed by atoms with Crippen LogP contribution in [-0.4, -0.2) is 21.9 Å². The molecule has 2 fully saturated rings. The molecule has 1 aromatic carbocycles. The SMILES string of the molecule is O=C(N[C@H]1CC2(CC[C@H](c3ccnc4ccc(F)cc43)CC2)C1)c1ccncc1. The molecule has 2 aromatic heterocycles. The Morgan fingerprint density at radius 3 is 2.55 bits per heavy atom. The van der Waals surface area contributed by atoms with Gasteiger partial charge >= 0.3 is 0 Å². The van der Waals surface area contributed by atoms with Crippen LogP contribution in [0.3, 0.4) is 0 Å². The minimum atomic E-state index is -0.203. The first-order chi connectivity index (χ1) is 14.1. The minimum Gasteiger partial charge on any atom is -0.349 e. The highest BCUT2D eigenvalue weighted by atomic mass is 19.1. The van der Waals surface area contributed by atoms with Gasteiger partial charge in [0.15, 0.2) is 0 Å². The smallest absolute Gasteiger partial charge is 0.251 e. The quantitative estimate of drug-likeness (QED) is 0.685. The number of rotatable bonds is 3. The largest absolute Gasteiger partial charge is 0.349 e. The number of nitrogens with zero attached hydrogens (tertiary/aromatic N) is 2. The summed E-state index contributed by atoms with van der Waals surface area (Å²) in [7, 11) is 0. The number of carbonyl (C=O) groups is 1. The maximum Gasteiger partial charge on any atom is 0.251 e. The number of carbonyl (C=O) groups excluding carboxylic acids is 1. The summed E-state index contributed by atoms with van der Waals surface area (Å²) in [6.07, 6.45) is 11.8. The van der Waals surface area contributed by atoms with E-state index in [1.165, 1.54) is 24.5 Å². The van der Waals surface area contributed by atoms with Crippen LogP contribution in [0.2, 0.25) is 0 Å². The zero-order valence-electron chi connectivity index (χ0n) is 16.3. The monoisotopic (exact) mass is 389 g/mol. The third-order valence-corrected chi connectivity index (χ3v) is 6.86. The van der Waals surface area contributed by atoms with E-state index in [0.29, 0.717) is 16.9 Å². The number of fused-ring (bicyclic) bond motifs is 1. The van der Waals surface area contributed by atoms with E-state index in [1.54, 1.807) is 36.7 Å². The summed E-state index contributed by atoms with van der Waals surface area (Å²) in [6.45, 7) is 0. The van der Waals surface area contributed by atoms with Gasteiger partial charge in [0.2, 0.25) is 0 Å². The van der Waals surface area contributed by atoms with Gasteiger partial charge in [-0.05, 0) is 91.8 Å². The first-order valence-corrected chi connectivity index (χ1v) is 10.4. The Morgan fingerprint density at radius 1 is 1.03 bits per heavy atom. The molecule has 0 radical (unpaired) electrons. The van der Waals surface area contributed by atoms with Crippen LogP contribution in [0.5, 0.6) is 0 Å². The number of amides is 1. The summed E-state index contributed by atoms with van der Waals surface area (Å²) in [6, 6.07) is 10.7. The van der Waals surface area contributed by atoms with E-state index in [9.17, 15) is 9.18 Å². The highest BCUT2D eigenvalue weighted by Gasteiger charge is 2.46. The highest BCUT2D eigenvalue weighted by molar-refractivity contribution is 5.94. The normalized spacial score (nSPS) is 26.2. The second-order valence-electron chi connectivity index (χ2n) is 8.65. The molecule has 1 spiro atoms. The van der Waals surface area contributed by atoms with Crippen molar-refractivity contribution in [3.8, 4) is 0 Å². The van der Waals surface area contributed by atoms with Crippen LogP contribution in [0.4, 0.5) is 4.39 Å². The van der Waals surface area contributed by atoms with Gasteiger partial charge < -0.3 is 5.32 Å². The Balaban J connectivity index is 1.21. The van der Waals surface area contributed by atoms with Gasteiger partial charge in [0.05, 0.1) is 5.52 Å². The van der Waals surface area contributed by atoms with Crippen molar-refractivity contribution < 1.29 is 9.18 Å². The van der Waals surface area contributed by atoms with E-state index in [2.05, 4.69) is 21.4 Å². The second-order valence-corrected chi connectivity index (χ2v) is 8.65. The van der Waals surface area contributed by atoms with Gasteiger partial charge in [0.1, 0.15) is 5.82 Å². The molecule has 148 valence electrons. The van der Waals surface area contributed by atoms with Crippen molar-refractivity contribution in [2.45, 2.75) is 50.5 Å². The molecular formula is C24H24FN3O. The van der Waals surface area contributed by atoms with E-state index >= 15 is 0 Å². The average molecular weight is 389 g/mol. The van der Waals surface area contributed by atoms with E-state index in [0.717, 1.165) is 36.6 Å². The number of halogens is 1. The molecule has 0 atom stereocenters. The predicted octanol–water partition coefficient (Wildman–Crippen LogP) is 5.01. The summed E-state index contributed by atoms with van der Waals surface area (Å²) in [5.41, 5.74) is 3.13. The molecule has 1 N–H and O–H groups in total. The Bertz CT molecular complexity index is 1040. The molecule has 2 aliphatic rings.